The van der Waals surface area contributed by atoms with E-state index in [2.05, 4.69) is 0 Å². The SMILES string of the molecule is OC(Cc1ccc(F)cc1Cl)c1cc(Cl)ccc1Cl. The molecule has 100 valence electrons. The van der Waals surface area contributed by atoms with Gasteiger partial charge in [-0.25, -0.2) is 4.39 Å². The summed E-state index contributed by atoms with van der Waals surface area (Å²) in [6.45, 7) is 0. The molecule has 0 bridgehead atoms. The fraction of sp³-hybridized carbons (Fsp3) is 0.143. The monoisotopic (exact) mass is 318 g/mol. The largest absolute Gasteiger partial charge is 0.388 e. The third-order valence-corrected chi connectivity index (χ3v) is 3.68. The summed E-state index contributed by atoms with van der Waals surface area (Å²) in [4.78, 5) is 0. The molecule has 0 saturated heterocycles. The molecular formula is C14H10Cl3FO. The lowest BCUT2D eigenvalue weighted by Gasteiger charge is -2.14. The Balaban J connectivity index is 2.25. The fourth-order valence-corrected chi connectivity index (χ4v) is 2.44. The Labute approximate surface area is 125 Å². The van der Waals surface area contributed by atoms with Crippen molar-refractivity contribution in [2.24, 2.45) is 0 Å². The van der Waals surface area contributed by atoms with Crippen LogP contribution >= 0.6 is 34.8 Å². The van der Waals surface area contributed by atoms with Gasteiger partial charge in [-0.2, -0.15) is 0 Å². The number of halogens is 4. The van der Waals surface area contributed by atoms with E-state index >= 15 is 0 Å². The number of benzene rings is 2. The van der Waals surface area contributed by atoms with E-state index in [-0.39, 0.29) is 11.4 Å². The molecule has 0 aromatic heterocycles. The molecule has 2 aromatic carbocycles. The molecule has 0 amide bonds. The van der Waals surface area contributed by atoms with Crippen molar-refractivity contribution in [2.75, 3.05) is 0 Å². The summed E-state index contributed by atoms with van der Waals surface area (Å²) < 4.78 is 12.9. The molecule has 1 atom stereocenters. The van der Waals surface area contributed by atoms with Gasteiger partial charge in [0.25, 0.3) is 0 Å². The molecule has 0 radical (unpaired) electrons. The number of aliphatic hydroxyl groups excluding tert-OH is 1. The van der Waals surface area contributed by atoms with E-state index in [9.17, 15) is 9.50 Å². The van der Waals surface area contributed by atoms with Gasteiger partial charge in [0.05, 0.1) is 6.10 Å². The first-order valence-corrected chi connectivity index (χ1v) is 6.67. The molecule has 1 nitrogen and oxygen atoms in total. The molecule has 1 unspecified atom stereocenters. The Hall–Kier alpha value is -0.800. The Bertz CT molecular complexity index is 601. The van der Waals surface area contributed by atoms with Crippen LogP contribution in [0.25, 0.3) is 0 Å². The summed E-state index contributed by atoms with van der Waals surface area (Å²) >= 11 is 17.8. The lowest BCUT2D eigenvalue weighted by atomic mass is 10.0. The number of rotatable bonds is 3. The average Bonchev–Trinajstić information content (AvgIpc) is 2.35. The minimum absolute atomic E-state index is 0.235. The minimum Gasteiger partial charge on any atom is -0.388 e. The first kappa shape index (κ1) is 14.6. The van der Waals surface area contributed by atoms with Crippen LogP contribution in [0.3, 0.4) is 0 Å². The van der Waals surface area contributed by atoms with Crippen molar-refractivity contribution in [2.45, 2.75) is 12.5 Å². The molecule has 2 aromatic rings. The molecule has 0 saturated carbocycles. The van der Waals surface area contributed by atoms with Gasteiger partial charge in [0.2, 0.25) is 0 Å². The second-order valence-corrected chi connectivity index (χ2v) is 5.37. The van der Waals surface area contributed by atoms with Crippen LogP contribution in [0.1, 0.15) is 17.2 Å². The smallest absolute Gasteiger partial charge is 0.124 e. The second kappa shape index (κ2) is 6.10. The highest BCUT2D eigenvalue weighted by Gasteiger charge is 2.15. The van der Waals surface area contributed by atoms with Gasteiger partial charge in [-0.3, -0.25) is 0 Å². The highest BCUT2D eigenvalue weighted by Crippen LogP contribution is 2.30. The number of aliphatic hydroxyl groups is 1. The van der Waals surface area contributed by atoms with Crippen LogP contribution in [0, 0.1) is 5.82 Å². The summed E-state index contributed by atoms with van der Waals surface area (Å²) in [7, 11) is 0. The Morgan fingerprint density at radius 2 is 1.74 bits per heavy atom. The van der Waals surface area contributed by atoms with Gasteiger partial charge in [0.1, 0.15) is 5.82 Å². The van der Waals surface area contributed by atoms with Gasteiger partial charge in [-0.05, 0) is 35.9 Å². The number of hydrogen-bond acceptors (Lipinski definition) is 1. The number of hydrogen-bond donors (Lipinski definition) is 1. The highest BCUT2D eigenvalue weighted by molar-refractivity contribution is 6.33. The molecule has 0 aliphatic carbocycles. The third kappa shape index (κ3) is 3.61. The van der Waals surface area contributed by atoms with E-state index < -0.39 is 11.9 Å². The van der Waals surface area contributed by atoms with E-state index in [1.807, 2.05) is 0 Å². The summed E-state index contributed by atoms with van der Waals surface area (Å²) in [6, 6.07) is 8.92. The van der Waals surface area contributed by atoms with Crippen molar-refractivity contribution in [3.8, 4) is 0 Å². The van der Waals surface area contributed by atoms with E-state index in [0.29, 0.717) is 21.2 Å². The predicted octanol–water partition coefficient (Wildman–Crippen LogP) is 5.06. The summed E-state index contributed by atoms with van der Waals surface area (Å²) in [5.74, 6) is -0.413. The van der Waals surface area contributed by atoms with Crippen molar-refractivity contribution in [3.05, 3.63) is 68.4 Å². The molecular weight excluding hydrogens is 310 g/mol. The molecule has 0 spiro atoms. The average molecular weight is 320 g/mol. The van der Waals surface area contributed by atoms with Crippen molar-refractivity contribution in [1.82, 2.24) is 0 Å². The first-order valence-electron chi connectivity index (χ1n) is 5.54. The maximum atomic E-state index is 12.9. The molecule has 1 N–H and O–H groups in total. The van der Waals surface area contributed by atoms with Crippen LogP contribution in [0.2, 0.25) is 15.1 Å². The normalized spacial score (nSPS) is 12.5. The fourth-order valence-electron chi connectivity index (χ4n) is 1.78. The third-order valence-electron chi connectivity index (χ3n) is 2.75. The molecule has 0 fully saturated rings. The van der Waals surface area contributed by atoms with Crippen molar-refractivity contribution >= 4 is 34.8 Å². The first-order chi connectivity index (χ1) is 8.97. The highest BCUT2D eigenvalue weighted by atomic mass is 35.5. The molecule has 5 heteroatoms. The maximum Gasteiger partial charge on any atom is 0.124 e. The lowest BCUT2D eigenvalue weighted by molar-refractivity contribution is 0.178. The summed E-state index contributed by atoms with van der Waals surface area (Å²) in [5, 5.41) is 11.4. The van der Waals surface area contributed by atoms with Gasteiger partial charge in [0, 0.05) is 27.1 Å². The summed E-state index contributed by atoms with van der Waals surface area (Å²) in [6.07, 6.45) is -0.617. The molecule has 2 rings (SSSR count). The van der Waals surface area contributed by atoms with Gasteiger partial charge < -0.3 is 5.11 Å². The van der Waals surface area contributed by atoms with Crippen molar-refractivity contribution < 1.29 is 9.50 Å². The van der Waals surface area contributed by atoms with Gasteiger partial charge in [0.15, 0.2) is 0 Å². The minimum atomic E-state index is -0.853. The Morgan fingerprint density at radius 3 is 2.42 bits per heavy atom. The molecule has 0 aliphatic heterocycles. The molecule has 0 heterocycles. The van der Waals surface area contributed by atoms with Crippen LogP contribution < -0.4 is 0 Å². The zero-order valence-corrected chi connectivity index (χ0v) is 12.0. The van der Waals surface area contributed by atoms with Crippen LogP contribution in [0.4, 0.5) is 4.39 Å². The second-order valence-electron chi connectivity index (χ2n) is 4.12. The molecule has 19 heavy (non-hydrogen) atoms. The van der Waals surface area contributed by atoms with Crippen LogP contribution in [0.15, 0.2) is 36.4 Å². The summed E-state index contributed by atoms with van der Waals surface area (Å²) in [5.41, 5.74) is 1.17. The van der Waals surface area contributed by atoms with E-state index in [0.717, 1.165) is 0 Å². The van der Waals surface area contributed by atoms with Crippen LogP contribution in [-0.2, 0) is 6.42 Å². The standard InChI is InChI=1S/C14H10Cl3FO/c15-9-2-4-12(16)11(6-9)14(19)5-8-1-3-10(18)7-13(8)17/h1-4,6-7,14,19H,5H2. The topological polar surface area (TPSA) is 20.2 Å². The predicted molar refractivity (Wildman–Crippen MR) is 76.5 cm³/mol. The van der Waals surface area contributed by atoms with E-state index in [4.69, 9.17) is 34.8 Å². The molecule has 0 aliphatic rings. The lowest BCUT2D eigenvalue weighted by Crippen LogP contribution is -2.03. The van der Waals surface area contributed by atoms with E-state index in [1.165, 1.54) is 12.1 Å². The van der Waals surface area contributed by atoms with Gasteiger partial charge >= 0.3 is 0 Å². The van der Waals surface area contributed by atoms with Gasteiger partial charge in [-0.1, -0.05) is 40.9 Å². The zero-order chi connectivity index (χ0) is 14.0. The van der Waals surface area contributed by atoms with Crippen LogP contribution in [-0.4, -0.2) is 5.11 Å². The zero-order valence-electron chi connectivity index (χ0n) is 9.71. The van der Waals surface area contributed by atoms with E-state index in [1.54, 1.807) is 24.3 Å². The van der Waals surface area contributed by atoms with Crippen molar-refractivity contribution in [1.29, 1.82) is 0 Å². The quantitative estimate of drug-likeness (QED) is 0.838. The Morgan fingerprint density at radius 1 is 1.00 bits per heavy atom. The van der Waals surface area contributed by atoms with Gasteiger partial charge in [-0.15, -0.1) is 0 Å². The van der Waals surface area contributed by atoms with Crippen molar-refractivity contribution in [3.63, 3.8) is 0 Å². The Kier molecular flexibility index (Phi) is 4.69. The van der Waals surface area contributed by atoms with Crippen LogP contribution in [0.5, 0.6) is 0 Å². The maximum absolute atomic E-state index is 12.9.